The normalized spacial score (nSPS) is 15.8. The maximum Gasteiger partial charge on any atom is 0.227 e. The highest BCUT2D eigenvalue weighted by Crippen LogP contribution is 2.50. The summed E-state index contributed by atoms with van der Waals surface area (Å²) in [6.45, 7) is 6.40. The number of para-hydroxylation sites is 3. The molecular weight excluding hydrogens is 382 g/mol. The van der Waals surface area contributed by atoms with Crippen molar-refractivity contribution in [2.75, 3.05) is 9.80 Å². The fourth-order valence-corrected chi connectivity index (χ4v) is 4.84. The molecule has 31 heavy (non-hydrogen) atoms. The first-order valence-corrected chi connectivity index (χ1v) is 10.7. The van der Waals surface area contributed by atoms with Crippen LogP contribution in [0.25, 0.3) is 22.1 Å². The molecule has 152 valence electrons. The van der Waals surface area contributed by atoms with E-state index in [9.17, 15) is 0 Å². The molecule has 4 heteroatoms. The van der Waals surface area contributed by atoms with Crippen molar-refractivity contribution in [3.8, 4) is 0 Å². The lowest BCUT2D eigenvalue weighted by atomic mass is 10.1. The highest BCUT2D eigenvalue weighted by Gasteiger charge is 2.36. The van der Waals surface area contributed by atoms with Crippen LogP contribution in [0.2, 0.25) is 0 Å². The molecule has 0 spiro atoms. The summed E-state index contributed by atoms with van der Waals surface area (Å²) in [6, 6.07) is 27.7. The summed E-state index contributed by atoms with van der Waals surface area (Å²) in [5, 5.41) is 2.16. The van der Waals surface area contributed by atoms with Gasteiger partial charge < -0.3 is 14.2 Å². The van der Waals surface area contributed by atoms with Crippen molar-refractivity contribution in [3.05, 3.63) is 90.1 Å². The third-order valence-electron chi connectivity index (χ3n) is 6.25. The van der Waals surface area contributed by atoms with E-state index in [2.05, 4.69) is 101 Å². The van der Waals surface area contributed by atoms with Gasteiger partial charge in [0.2, 0.25) is 5.71 Å². The van der Waals surface area contributed by atoms with Crippen molar-refractivity contribution >= 4 is 44.8 Å². The molecule has 0 amide bonds. The van der Waals surface area contributed by atoms with Gasteiger partial charge in [0, 0.05) is 22.2 Å². The van der Waals surface area contributed by atoms with Crippen LogP contribution in [0.15, 0.2) is 83.3 Å². The van der Waals surface area contributed by atoms with Crippen molar-refractivity contribution in [3.63, 3.8) is 0 Å². The van der Waals surface area contributed by atoms with Crippen molar-refractivity contribution < 1.29 is 4.42 Å². The Hall–Kier alpha value is -3.79. The number of hydrogen-bond acceptors (Lipinski definition) is 4. The zero-order valence-electron chi connectivity index (χ0n) is 17.8. The molecule has 0 saturated heterocycles. The van der Waals surface area contributed by atoms with Crippen LogP contribution in [-0.4, -0.2) is 11.1 Å². The molecule has 1 aliphatic rings. The molecular formula is C27H23N3O. The fourth-order valence-electron chi connectivity index (χ4n) is 4.84. The Kier molecular flexibility index (Phi) is 3.84. The molecule has 3 aromatic carbocycles. The van der Waals surface area contributed by atoms with Gasteiger partial charge in [-0.2, -0.15) is 0 Å². The average Bonchev–Trinajstić information content (AvgIpc) is 3.28. The van der Waals surface area contributed by atoms with E-state index in [1.165, 1.54) is 22.6 Å². The molecule has 1 aliphatic heterocycles. The molecule has 1 atom stereocenters. The average molecular weight is 406 g/mol. The summed E-state index contributed by atoms with van der Waals surface area (Å²) in [5.41, 5.74) is 8.39. The van der Waals surface area contributed by atoms with Crippen molar-refractivity contribution in [2.45, 2.75) is 26.9 Å². The Balaban J connectivity index is 1.62. The maximum atomic E-state index is 6.39. The molecule has 0 unspecified atom stereocenters. The third kappa shape index (κ3) is 2.58. The lowest BCUT2D eigenvalue weighted by Gasteiger charge is -2.31. The Morgan fingerprint density at radius 2 is 1.42 bits per heavy atom. The summed E-state index contributed by atoms with van der Waals surface area (Å²) in [5.74, 6) is 0. The second kappa shape index (κ2) is 6.61. The molecule has 0 N–H and O–H groups in total. The predicted molar refractivity (Wildman–Crippen MR) is 128 cm³/mol. The van der Waals surface area contributed by atoms with Crippen LogP contribution in [-0.2, 0) is 0 Å². The first-order valence-electron chi connectivity index (χ1n) is 10.7. The summed E-state index contributed by atoms with van der Waals surface area (Å²) in [7, 11) is 0. The van der Waals surface area contributed by atoms with E-state index in [0.717, 1.165) is 27.7 Å². The third-order valence-corrected chi connectivity index (χ3v) is 6.25. The summed E-state index contributed by atoms with van der Waals surface area (Å²) in [4.78, 5) is 9.43. The molecule has 0 bridgehead atoms. The monoisotopic (exact) mass is 405 g/mol. The molecule has 4 nitrogen and oxygen atoms in total. The number of benzene rings is 3. The number of hydrogen-bond donors (Lipinski definition) is 0. The Bertz CT molecular complexity index is 1440. The van der Waals surface area contributed by atoms with Gasteiger partial charge in [-0.15, -0.1) is 0 Å². The number of aryl methyl sites for hydroxylation is 2. The summed E-state index contributed by atoms with van der Waals surface area (Å²) in [6.07, 6.45) is 0.0898. The van der Waals surface area contributed by atoms with E-state index in [-0.39, 0.29) is 6.17 Å². The minimum atomic E-state index is 0.0898. The van der Waals surface area contributed by atoms with Crippen LogP contribution in [0, 0.1) is 13.8 Å². The number of fused-ring (bicyclic) bond motifs is 4. The molecule has 0 aliphatic carbocycles. The largest absolute Gasteiger partial charge is 0.435 e. The molecule has 5 aromatic rings. The molecule has 6 rings (SSSR count). The second-order valence-electron chi connectivity index (χ2n) is 8.21. The summed E-state index contributed by atoms with van der Waals surface area (Å²) < 4.78 is 6.39. The second-order valence-corrected chi connectivity index (χ2v) is 8.21. The van der Waals surface area contributed by atoms with Crippen LogP contribution in [0.5, 0.6) is 0 Å². The van der Waals surface area contributed by atoms with Gasteiger partial charge in [-0.3, -0.25) is 0 Å². The zero-order chi connectivity index (χ0) is 21.1. The first kappa shape index (κ1) is 18.0. The SMILES string of the molecule is Cc1ccc2c(n1)oc1c(N3c4ccccc4N(c4ccccc4)[C@@H]3C)c(C)ccc12. The quantitative estimate of drug-likeness (QED) is 0.310. The van der Waals surface area contributed by atoms with Crippen LogP contribution < -0.4 is 9.80 Å². The van der Waals surface area contributed by atoms with Gasteiger partial charge in [0.25, 0.3) is 0 Å². The standard InChI is InChI=1S/C27H23N3O/c1-17-13-15-21-22-16-14-18(2)28-27(22)31-26(21)25(17)30-19(3)29(20-9-5-4-6-10-20)23-11-7-8-12-24(23)30/h4-16,19H,1-3H3/t19-/m0/s1. The minimum absolute atomic E-state index is 0.0898. The number of aromatic nitrogens is 1. The Morgan fingerprint density at radius 3 is 2.19 bits per heavy atom. The number of rotatable bonds is 2. The molecule has 0 radical (unpaired) electrons. The lowest BCUT2D eigenvalue weighted by Crippen LogP contribution is -2.35. The van der Waals surface area contributed by atoms with E-state index in [1.807, 2.05) is 13.0 Å². The van der Waals surface area contributed by atoms with Crippen LogP contribution >= 0.6 is 0 Å². The number of pyridine rings is 1. The fraction of sp³-hybridized carbons (Fsp3) is 0.148. The topological polar surface area (TPSA) is 32.5 Å². The Labute approximate surface area is 181 Å². The maximum absolute atomic E-state index is 6.39. The van der Waals surface area contributed by atoms with E-state index in [4.69, 9.17) is 4.42 Å². The Morgan fingerprint density at radius 1 is 0.742 bits per heavy atom. The van der Waals surface area contributed by atoms with Crippen molar-refractivity contribution in [1.82, 2.24) is 4.98 Å². The van der Waals surface area contributed by atoms with Gasteiger partial charge in [-0.1, -0.05) is 42.5 Å². The number of anilines is 4. The number of nitrogens with zero attached hydrogens (tertiary/aromatic N) is 3. The number of furan rings is 1. The van der Waals surface area contributed by atoms with E-state index in [0.29, 0.717) is 5.71 Å². The van der Waals surface area contributed by atoms with Gasteiger partial charge >= 0.3 is 0 Å². The van der Waals surface area contributed by atoms with Gasteiger partial charge in [-0.25, -0.2) is 4.98 Å². The van der Waals surface area contributed by atoms with E-state index < -0.39 is 0 Å². The zero-order valence-corrected chi connectivity index (χ0v) is 17.8. The molecule has 3 heterocycles. The van der Waals surface area contributed by atoms with Crippen molar-refractivity contribution in [1.29, 1.82) is 0 Å². The van der Waals surface area contributed by atoms with Gasteiger partial charge in [0.15, 0.2) is 5.58 Å². The lowest BCUT2D eigenvalue weighted by molar-refractivity contribution is 0.648. The molecule has 0 saturated carbocycles. The molecule has 2 aromatic heterocycles. The predicted octanol–water partition coefficient (Wildman–Crippen LogP) is 7.23. The first-order chi connectivity index (χ1) is 15.1. The van der Waals surface area contributed by atoms with Crippen LogP contribution in [0.4, 0.5) is 22.7 Å². The van der Waals surface area contributed by atoms with Gasteiger partial charge in [-0.05, 0) is 62.7 Å². The van der Waals surface area contributed by atoms with E-state index in [1.54, 1.807) is 0 Å². The van der Waals surface area contributed by atoms with E-state index >= 15 is 0 Å². The van der Waals surface area contributed by atoms with Crippen molar-refractivity contribution in [2.24, 2.45) is 0 Å². The van der Waals surface area contributed by atoms with Crippen LogP contribution in [0.1, 0.15) is 18.2 Å². The van der Waals surface area contributed by atoms with Gasteiger partial charge in [0.1, 0.15) is 6.17 Å². The molecule has 0 fully saturated rings. The smallest absolute Gasteiger partial charge is 0.227 e. The van der Waals surface area contributed by atoms with Gasteiger partial charge in [0.05, 0.1) is 17.1 Å². The summed E-state index contributed by atoms with van der Waals surface area (Å²) >= 11 is 0. The highest BCUT2D eigenvalue weighted by atomic mass is 16.3. The highest BCUT2D eigenvalue weighted by molar-refractivity contribution is 6.10. The minimum Gasteiger partial charge on any atom is -0.435 e. The van der Waals surface area contributed by atoms with Crippen LogP contribution in [0.3, 0.4) is 0 Å².